The predicted molar refractivity (Wildman–Crippen MR) is 119 cm³/mol. The second kappa shape index (κ2) is 12.7. The van der Waals surface area contributed by atoms with Crippen LogP contribution in [0.3, 0.4) is 0 Å². The van der Waals surface area contributed by atoms with E-state index in [9.17, 15) is 47.0 Å². The third kappa shape index (κ3) is 10.4. The molecule has 0 fully saturated rings. The third-order valence-electron chi connectivity index (χ3n) is 4.05. The Morgan fingerprint density at radius 2 is 1.74 bits per heavy atom. The molecule has 1 aromatic rings. The average molecular weight is 545 g/mol. The molecule has 1 amide bonds. The minimum atomic E-state index is -4.34. The van der Waals surface area contributed by atoms with Gasteiger partial charge in [0.1, 0.15) is 11.3 Å². The van der Waals surface area contributed by atoms with Crippen LogP contribution in [0, 0.1) is 20.2 Å². The van der Waals surface area contributed by atoms with Gasteiger partial charge in [-0.2, -0.15) is 16.8 Å². The number of anilines is 1. The molecular formula is C16H24N4O13S2. The lowest BCUT2D eigenvalue weighted by molar-refractivity contribution is -0.395. The fraction of sp³-hybridized carbons (Fsp3) is 0.562. The molecule has 0 saturated heterocycles. The van der Waals surface area contributed by atoms with E-state index in [1.54, 1.807) is 0 Å². The fourth-order valence-electron chi connectivity index (χ4n) is 2.69. The lowest BCUT2D eigenvalue weighted by Crippen LogP contribution is -2.43. The Morgan fingerprint density at radius 1 is 1.11 bits per heavy atom. The molecule has 0 radical (unpaired) electrons. The number of nitro groups is 2. The van der Waals surface area contributed by atoms with Gasteiger partial charge in [-0.05, 0) is 6.07 Å². The Morgan fingerprint density at radius 3 is 2.23 bits per heavy atom. The van der Waals surface area contributed by atoms with Crippen LogP contribution in [0.15, 0.2) is 12.1 Å². The van der Waals surface area contributed by atoms with E-state index in [4.69, 9.17) is 5.11 Å². The maximum Gasteiger partial charge on any atom is 0.302 e. The predicted octanol–water partition coefficient (Wildman–Crippen LogP) is -1.75. The van der Waals surface area contributed by atoms with Crippen LogP contribution in [-0.4, -0.2) is 93.8 Å². The summed E-state index contributed by atoms with van der Waals surface area (Å²) < 4.78 is 54.6. The van der Waals surface area contributed by atoms with E-state index < -0.39 is 91.3 Å². The summed E-state index contributed by atoms with van der Waals surface area (Å²) in [5.41, 5.74) is -2.67. The number of amides is 1. The van der Waals surface area contributed by atoms with Crippen LogP contribution in [0.2, 0.25) is 0 Å². The van der Waals surface area contributed by atoms with Gasteiger partial charge in [0, 0.05) is 25.6 Å². The SMILES string of the molecule is CS(=O)(=O)OCCNc1ccc([N+](=O)[O-])c(CC(OS(C)(=O)=O)C(=O)NCC(O)CO)c1[N+](=O)[O-]. The van der Waals surface area contributed by atoms with E-state index >= 15 is 0 Å². The number of nitro benzene ring substituents is 2. The molecule has 0 aliphatic heterocycles. The Labute approximate surface area is 199 Å². The molecule has 35 heavy (non-hydrogen) atoms. The molecule has 0 spiro atoms. The third-order valence-corrected chi connectivity index (χ3v) is 5.22. The zero-order chi connectivity index (χ0) is 27.0. The number of aliphatic hydroxyl groups is 2. The van der Waals surface area contributed by atoms with Crippen LogP contribution < -0.4 is 10.6 Å². The maximum absolute atomic E-state index is 12.5. The molecule has 1 rings (SSSR count). The minimum Gasteiger partial charge on any atom is -0.394 e. The van der Waals surface area contributed by atoms with E-state index in [0.717, 1.165) is 18.4 Å². The zero-order valence-corrected chi connectivity index (χ0v) is 20.1. The molecule has 0 bridgehead atoms. The second-order valence-electron chi connectivity index (χ2n) is 7.00. The van der Waals surface area contributed by atoms with Crippen LogP contribution in [0.1, 0.15) is 5.56 Å². The monoisotopic (exact) mass is 544 g/mol. The van der Waals surface area contributed by atoms with E-state index in [1.807, 2.05) is 0 Å². The smallest absolute Gasteiger partial charge is 0.302 e. The fourth-order valence-corrected chi connectivity index (χ4v) is 3.65. The van der Waals surface area contributed by atoms with Crippen molar-refractivity contribution >= 4 is 43.2 Å². The molecule has 0 aromatic heterocycles. The van der Waals surface area contributed by atoms with Crippen LogP contribution in [0.4, 0.5) is 17.1 Å². The van der Waals surface area contributed by atoms with Gasteiger partial charge in [0.25, 0.3) is 31.8 Å². The van der Waals surface area contributed by atoms with Crippen molar-refractivity contribution in [3.8, 4) is 0 Å². The summed E-state index contributed by atoms with van der Waals surface area (Å²) >= 11 is 0. The molecule has 1 aromatic carbocycles. The lowest BCUT2D eigenvalue weighted by atomic mass is 10.0. The van der Waals surface area contributed by atoms with Gasteiger partial charge in [-0.3, -0.25) is 33.4 Å². The molecule has 198 valence electrons. The first kappa shape index (κ1) is 30.1. The highest BCUT2D eigenvalue weighted by atomic mass is 32.2. The molecule has 19 heteroatoms. The molecular weight excluding hydrogens is 520 g/mol. The van der Waals surface area contributed by atoms with Crippen molar-refractivity contribution in [2.45, 2.75) is 18.6 Å². The molecule has 0 heterocycles. The van der Waals surface area contributed by atoms with Crippen LogP contribution >= 0.6 is 0 Å². The summed E-state index contributed by atoms with van der Waals surface area (Å²) in [6, 6.07) is 1.84. The van der Waals surface area contributed by atoms with Gasteiger partial charge in [-0.25, -0.2) is 0 Å². The highest BCUT2D eigenvalue weighted by Gasteiger charge is 2.35. The Balaban J connectivity index is 3.43. The van der Waals surface area contributed by atoms with Crippen molar-refractivity contribution in [3.05, 3.63) is 37.9 Å². The second-order valence-corrected chi connectivity index (χ2v) is 10.2. The largest absolute Gasteiger partial charge is 0.394 e. The molecule has 0 aliphatic carbocycles. The Bertz CT molecular complexity index is 1150. The minimum absolute atomic E-state index is 0.270. The molecule has 17 nitrogen and oxygen atoms in total. The quantitative estimate of drug-likeness (QED) is 0.0826. The average Bonchev–Trinajstić information content (AvgIpc) is 2.72. The highest BCUT2D eigenvalue weighted by Crippen LogP contribution is 2.36. The molecule has 0 saturated carbocycles. The molecule has 2 atom stereocenters. The van der Waals surface area contributed by atoms with E-state index in [2.05, 4.69) is 19.0 Å². The number of nitrogens with one attached hydrogen (secondary N) is 2. The van der Waals surface area contributed by atoms with Gasteiger partial charge in [-0.1, -0.05) is 0 Å². The molecule has 4 N–H and O–H groups in total. The van der Waals surface area contributed by atoms with Gasteiger partial charge >= 0.3 is 5.69 Å². The van der Waals surface area contributed by atoms with Crippen molar-refractivity contribution in [3.63, 3.8) is 0 Å². The van der Waals surface area contributed by atoms with Crippen LogP contribution in [0.25, 0.3) is 0 Å². The van der Waals surface area contributed by atoms with Gasteiger partial charge in [0.15, 0.2) is 6.10 Å². The van der Waals surface area contributed by atoms with Gasteiger partial charge in [-0.15, -0.1) is 0 Å². The summed E-state index contributed by atoms with van der Waals surface area (Å²) in [5.74, 6) is -1.19. The number of aliphatic hydroxyl groups excluding tert-OH is 2. The number of rotatable bonds is 15. The van der Waals surface area contributed by atoms with Crippen LogP contribution in [-0.2, 0) is 39.8 Å². The van der Waals surface area contributed by atoms with Crippen molar-refractivity contribution in [1.29, 1.82) is 0 Å². The lowest BCUT2D eigenvalue weighted by Gasteiger charge is -2.18. The summed E-state index contributed by atoms with van der Waals surface area (Å²) in [4.78, 5) is 33.8. The van der Waals surface area contributed by atoms with Gasteiger partial charge in [0.05, 0.1) is 41.7 Å². The normalized spacial score (nSPS) is 13.6. The van der Waals surface area contributed by atoms with Crippen LogP contribution in [0.5, 0.6) is 0 Å². The molecule has 2 unspecified atom stereocenters. The first-order chi connectivity index (χ1) is 16.1. The number of carbonyl (C=O) groups excluding carboxylic acids is 1. The highest BCUT2D eigenvalue weighted by molar-refractivity contribution is 7.86. The first-order valence-corrected chi connectivity index (χ1v) is 13.2. The van der Waals surface area contributed by atoms with E-state index in [1.165, 1.54) is 0 Å². The summed E-state index contributed by atoms with van der Waals surface area (Å²) in [7, 11) is -8.14. The van der Waals surface area contributed by atoms with Crippen molar-refractivity contribution in [1.82, 2.24) is 5.32 Å². The van der Waals surface area contributed by atoms with E-state index in [0.29, 0.717) is 6.26 Å². The Kier molecular flexibility index (Phi) is 10.9. The van der Waals surface area contributed by atoms with E-state index in [-0.39, 0.29) is 12.2 Å². The topological polar surface area (TPSA) is 255 Å². The molecule has 0 aliphatic rings. The first-order valence-electron chi connectivity index (χ1n) is 9.53. The summed E-state index contributed by atoms with van der Waals surface area (Å²) in [6.45, 7) is -1.98. The van der Waals surface area contributed by atoms with Gasteiger partial charge < -0.3 is 20.8 Å². The number of hydrogen-bond donors (Lipinski definition) is 4. The standard InChI is InChI=1S/C16H24N4O13S2/c1-34(28,29)32-6-5-17-12-3-4-13(19(24)25)11(15(12)20(26)27)7-14(33-35(2,30)31)16(23)18-8-10(22)9-21/h3-4,10,14,17,21-22H,5-9H2,1-2H3,(H,18,23). The number of benzene rings is 1. The van der Waals surface area contributed by atoms with Gasteiger partial charge in [0.2, 0.25) is 0 Å². The van der Waals surface area contributed by atoms with Crippen molar-refractivity contribution in [2.75, 3.05) is 44.1 Å². The van der Waals surface area contributed by atoms with Crippen molar-refractivity contribution < 1.29 is 50.1 Å². The number of carbonyl (C=O) groups is 1. The Hall–Kier alpha value is -2.97. The van der Waals surface area contributed by atoms with Crippen molar-refractivity contribution in [2.24, 2.45) is 0 Å². The zero-order valence-electron chi connectivity index (χ0n) is 18.4. The maximum atomic E-state index is 12.5. The summed E-state index contributed by atoms with van der Waals surface area (Å²) in [6.07, 6.45) is -3.01. The number of nitrogens with zero attached hydrogens (tertiary/aromatic N) is 2. The summed E-state index contributed by atoms with van der Waals surface area (Å²) in [5, 5.41) is 46.1. The number of hydrogen-bond acceptors (Lipinski definition) is 14.